The molecule has 5 heteroatoms. The maximum atomic E-state index is 12.8. The molecule has 2 aliphatic heterocycles. The number of nitrogens with zero attached hydrogens (tertiary/aromatic N) is 3. The Morgan fingerprint density at radius 3 is 2.50 bits per heavy atom. The van der Waals surface area contributed by atoms with Crippen molar-refractivity contribution in [3.63, 3.8) is 0 Å². The van der Waals surface area contributed by atoms with Crippen LogP contribution in [0.3, 0.4) is 0 Å². The van der Waals surface area contributed by atoms with Crippen LogP contribution in [0.4, 0.5) is 0 Å². The van der Waals surface area contributed by atoms with E-state index >= 15 is 0 Å². The summed E-state index contributed by atoms with van der Waals surface area (Å²) < 4.78 is 1.97. The molecule has 1 aromatic heterocycles. The minimum absolute atomic E-state index is 0.132. The van der Waals surface area contributed by atoms with Crippen molar-refractivity contribution >= 4 is 5.91 Å². The van der Waals surface area contributed by atoms with Crippen LogP contribution in [-0.2, 0) is 11.3 Å². The second-order valence-corrected chi connectivity index (χ2v) is 9.06. The summed E-state index contributed by atoms with van der Waals surface area (Å²) in [6, 6.07) is 5.66. The van der Waals surface area contributed by atoms with Gasteiger partial charge in [-0.15, -0.1) is 0 Å². The molecule has 1 saturated heterocycles. The third-order valence-corrected chi connectivity index (χ3v) is 6.55. The second-order valence-electron chi connectivity index (χ2n) is 9.06. The lowest BCUT2D eigenvalue weighted by atomic mass is 9.83. The number of pyridine rings is 1. The lowest BCUT2D eigenvalue weighted by Crippen LogP contribution is -2.47. The summed E-state index contributed by atoms with van der Waals surface area (Å²) in [5.41, 5.74) is 1.31. The molecule has 0 spiro atoms. The van der Waals surface area contributed by atoms with Crippen molar-refractivity contribution in [2.45, 2.75) is 71.3 Å². The summed E-state index contributed by atoms with van der Waals surface area (Å²) in [5.74, 6) is 1.12. The van der Waals surface area contributed by atoms with Crippen LogP contribution >= 0.6 is 0 Å². The molecule has 2 bridgehead atoms. The van der Waals surface area contributed by atoms with Crippen molar-refractivity contribution in [2.75, 3.05) is 32.7 Å². The molecule has 0 aliphatic carbocycles. The molecule has 0 N–H and O–H groups in total. The molecule has 5 nitrogen and oxygen atoms in total. The fourth-order valence-corrected chi connectivity index (χ4v) is 4.99. The Hall–Kier alpha value is -1.88. The number of carbonyl (C=O) groups excluding carboxylic acids is 1. The molecule has 2 aliphatic rings. The second kappa shape index (κ2) is 11.5. The first-order valence-electron chi connectivity index (χ1n) is 12.0. The van der Waals surface area contributed by atoms with Gasteiger partial charge in [0.25, 0.3) is 5.56 Å². The zero-order chi connectivity index (χ0) is 21.3. The predicted octanol–water partition coefficient (Wildman–Crippen LogP) is 4.03. The number of unbranched alkanes of at least 4 members (excludes halogenated alkanes) is 4. The van der Waals surface area contributed by atoms with Crippen LogP contribution in [0.15, 0.2) is 35.1 Å². The molecule has 1 aromatic rings. The first-order valence-corrected chi connectivity index (χ1v) is 12.0. The van der Waals surface area contributed by atoms with Crippen molar-refractivity contribution in [1.82, 2.24) is 14.4 Å². The largest absolute Gasteiger partial charge is 0.339 e. The third-order valence-electron chi connectivity index (χ3n) is 6.55. The van der Waals surface area contributed by atoms with Gasteiger partial charge in [0.1, 0.15) is 0 Å². The molecule has 30 heavy (non-hydrogen) atoms. The number of piperidine rings is 1. The Labute approximate surface area is 181 Å². The van der Waals surface area contributed by atoms with Crippen LogP contribution in [0, 0.1) is 5.92 Å². The predicted molar refractivity (Wildman–Crippen MR) is 123 cm³/mol. The smallest absolute Gasteiger partial charge is 0.250 e. The van der Waals surface area contributed by atoms with Crippen LogP contribution in [0.2, 0.25) is 0 Å². The molecule has 1 amide bonds. The van der Waals surface area contributed by atoms with Crippen LogP contribution in [0.5, 0.6) is 0 Å². The fraction of sp³-hybridized carbons (Fsp3) is 0.680. The van der Waals surface area contributed by atoms with E-state index in [4.69, 9.17) is 0 Å². The molecule has 3 heterocycles. The Morgan fingerprint density at radius 2 is 1.80 bits per heavy atom. The lowest BCUT2D eigenvalue weighted by molar-refractivity contribution is -0.126. The van der Waals surface area contributed by atoms with E-state index in [0.717, 1.165) is 52.1 Å². The summed E-state index contributed by atoms with van der Waals surface area (Å²) in [6.45, 7) is 9.76. The van der Waals surface area contributed by atoms with Crippen LogP contribution in [0.25, 0.3) is 0 Å². The van der Waals surface area contributed by atoms with E-state index in [1.165, 1.54) is 37.8 Å². The van der Waals surface area contributed by atoms with Crippen molar-refractivity contribution in [1.29, 1.82) is 0 Å². The van der Waals surface area contributed by atoms with Gasteiger partial charge in [-0.3, -0.25) is 14.5 Å². The first kappa shape index (κ1) is 22.8. The van der Waals surface area contributed by atoms with E-state index in [1.807, 2.05) is 21.6 Å². The number of hydrogen-bond donors (Lipinski definition) is 0. The SMILES string of the molecule is CCCCCN(CCCCC)C(=O)C=CCN1CC2CC(C1)c1cccc(=O)n1C2. The molecular formula is C25H39N3O2. The number of carbonyl (C=O) groups is 1. The molecule has 0 aromatic carbocycles. The molecule has 2 unspecified atom stereocenters. The average molecular weight is 414 g/mol. The molecule has 0 radical (unpaired) electrons. The van der Waals surface area contributed by atoms with Crippen molar-refractivity contribution in [3.8, 4) is 0 Å². The highest BCUT2D eigenvalue weighted by Crippen LogP contribution is 2.34. The Kier molecular flexibility index (Phi) is 8.74. The van der Waals surface area contributed by atoms with Gasteiger partial charge in [0.05, 0.1) is 0 Å². The number of likely N-dealkylation sites (tertiary alicyclic amines) is 1. The highest BCUT2D eigenvalue weighted by molar-refractivity contribution is 5.87. The fourth-order valence-electron chi connectivity index (χ4n) is 4.99. The van der Waals surface area contributed by atoms with Gasteiger partial charge in [-0.1, -0.05) is 51.7 Å². The Morgan fingerprint density at radius 1 is 1.07 bits per heavy atom. The van der Waals surface area contributed by atoms with Gasteiger partial charge in [-0.2, -0.15) is 0 Å². The van der Waals surface area contributed by atoms with E-state index in [2.05, 4.69) is 24.8 Å². The van der Waals surface area contributed by atoms with Crippen molar-refractivity contribution in [2.24, 2.45) is 5.92 Å². The highest BCUT2D eigenvalue weighted by atomic mass is 16.2. The number of amides is 1. The molecular weight excluding hydrogens is 374 g/mol. The number of rotatable bonds is 11. The summed E-state index contributed by atoms with van der Waals surface area (Å²) in [6.07, 6.45) is 11.9. The quantitative estimate of drug-likeness (QED) is 0.406. The van der Waals surface area contributed by atoms with Crippen LogP contribution in [-0.4, -0.2) is 53.0 Å². The summed E-state index contributed by atoms with van der Waals surface area (Å²) in [4.78, 5) is 29.4. The van der Waals surface area contributed by atoms with E-state index in [0.29, 0.717) is 11.8 Å². The van der Waals surface area contributed by atoms with Gasteiger partial charge in [0.2, 0.25) is 5.91 Å². The van der Waals surface area contributed by atoms with E-state index < -0.39 is 0 Å². The van der Waals surface area contributed by atoms with Gasteiger partial charge in [-0.05, 0) is 31.2 Å². The van der Waals surface area contributed by atoms with E-state index in [1.54, 1.807) is 12.1 Å². The minimum atomic E-state index is 0.132. The van der Waals surface area contributed by atoms with Crippen molar-refractivity contribution in [3.05, 3.63) is 46.4 Å². The lowest BCUT2D eigenvalue weighted by Gasteiger charge is -2.42. The molecule has 2 atom stereocenters. The molecule has 166 valence electrons. The van der Waals surface area contributed by atoms with Gasteiger partial charge in [-0.25, -0.2) is 0 Å². The maximum Gasteiger partial charge on any atom is 0.250 e. The topological polar surface area (TPSA) is 45.6 Å². The Bertz CT molecular complexity index is 760. The summed E-state index contributed by atoms with van der Waals surface area (Å²) in [5, 5.41) is 0. The van der Waals surface area contributed by atoms with Gasteiger partial charge in [0, 0.05) is 63.0 Å². The third kappa shape index (κ3) is 6.07. The number of hydrogen-bond acceptors (Lipinski definition) is 3. The van der Waals surface area contributed by atoms with E-state index in [9.17, 15) is 9.59 Å². The number of fused-ring (bicyclic) bond motifs is 4. The summed E-state index contributed by atoms with van der Waals surface area (Å²) >= 11 is 0. The van der Waals surface area contributed by atoms with Gasteiger partial charge < -0.3 is 9.47 Å². The Balaban J connectivity index is 1.53. The van der Waals surface area contributed by atoms with Crippen molar-refractivity contribution < 1.29 is 4.79 Å². The zero-order valence-corrected chi connectivity index (χ0v) is 18.9. The van der Waals surface area contributed by atoms with Gasteiger partial charge >= 0.3 is 0 Å². The zero-order valence-electron chi connectivity index (χ0n) is 18.9. The van der Waals surface area contributed by atoms with Crippen LogP contribution in [0.1, 0.15) is 70.4 Å². The first-order chi connectivity index (χ1) is 14.6. The molecule has 3 rings (SSSR count). The summed E-state index contributed by atoms with van der Waals surface area (Å²) in [7, 11) is 0. The highest BCUT2D eigenvalue weighted by Gasteiger charge is 2.33. The normalized spacial score (nSPS) is 21.0. The maximum absolute atomic E-state index is 12.8. The average Bonchev–Trinajstić information content (AvgIpc) is 2.73. The number of aromatic nitrogens is 1. The van der Waals surface area contributed by atoms with E-state index in [-0.39, 0.29) is 11.5 Å². The minimum Gasteiger partial charge on any atom is -0.339 e. The molecule has 0 saturated carbocycles. The van der Waals surface area contributed by atoms with Crippen LogP contribution < -0.4 is 5.56 Å². The molecule has 1 fully saturated rings. The monoisotopic (exact) mass is 413 g/mol. The standard InChI is InChI=1S/C25H39N3O2/c1-3-5-7-15-27(16-8-6-4-2)24(29)13-10-14-26-18-21-17-22(20-26)23-11-9-12-25(30)28(23)19-21/h9-13,21-22H,3-8,14-20H2,1-2H3. The van der Waals surface area contributed by atoms with Gasteiger partial charge in [0.15, 0.2) is 0 Å².